The molecule has 4 nitrogen and oxygen atoms in total. The minimum atomic E-state index is 0.537. The van der Waals surface area contributed by atoms with Crippen LogP contribution in [0, 0.1) is 6.92 Å². The van der Waals surface area contributed by atoms with Crippen molar-refractivity contribution in [2.45, 2.75) is 40.3 Å². The van der Waals surface area contributed by atoms with E-state index in [1.54, 1.807) is 0 Å². The maximum Gasteiger partial charge on any atom is 0.161 e. The summed E-state index contributed by atoms with van der Waals surface area (Å²) in [5.41, 5.74) is 3.59. The van der Waals surface area contributed by atoms with Crippen LogP contribution >= 0.6 is 0 Å². The van der Waals surface area contributed by atoms with Gasteiger partial charge < -0.3 is 19.5 Å². The van der Waals surface area contributed by atoms with Gasteiger partial charge in [-0.05, 0) is 57.0 Å². The van der Waals surface area contributed by atoms with Crippen LogP contribution in [-0.4, -0.2) is 26.4 Å². The Kier molecular flexibility index (Phi) is 9.01. The van der Waals surface area contributed by atoms with Gasteiger partial charge in [0.05, 0.1) is 6.61 Å². The number of benzene rings is 2. The molecule has 0 radical (unpaired) electrons. The van der Waals surface area contributed by atoms with Crippen molar-refractivity contribution in [3.05, 3.63) is 59.2 Å². The van der Waals surface area contributed by atoms with Crippen molar-refractivity contribution in [2.24, 2.45) is 0 Å². The third kappa shape index (κ3) is 7.06. The Morgan fingerprint density at radius 2 is 1.62 bits per heavy atom. The third-order valence-electron chi connectivity index (χ3n) is 4.00. The zero-order valence-electron chi connectivity index (χ0n) is 16.2. The molecule has 2 aromatic rings. The summed E-state index contributed by atoms with van der Waals surface area (Å²) in [5.74, 6) is 1.58. The minimum absolute atomic E-state index is 0.537. The van der Waals surface area contributed by atoms with Crippen molar-refractivity contribution in [3.63, 3.8) is 0 Å². The Hall–Kier alpha value is -2.04. The van der Waals surface area contributed by atoms with Crippen molar-refractivity contribution < 1.29 is 14.2 Å². The molecule has 2 aromatic carbocycles. The Labute approximate surface area is 157 Å². The van der Waals surface area contributed by atoms with Gasteiger partial charge in [-0.1, -0.05) is 35.9 Å². The summed E-state index contributed by atoms with van der Waals surface area (Å²) in [5, 5.41) is 3.44. The first-order valence-corrected chi connectivity index (χ1v) is 9.45. The molecule has 0 aliphatic carbocycles. The van der Waals surface area contributed by atoms with E-state index in [1.807, 2.05) is 19.9 Å². The molecule has 4 heteroatoms. The number of hydrogen-bond acceptors (Lipinski definition) is 4. The van der Waals surface area contributed by atoms with E-state index in [1.165, 1.54) is 11.1 Å². The number of rotatable bonds is 12. The summed E-state index contributed by atoms with van der Waals surface area (Å²) in [7, 11) is 0. The van der Waals surface area contributed by atoms with E-state index in [2.05, 4.69) is 48.6 Å². The molecule has 1 N–H and O–H groups in total. The van der Waals surface area contributed by atoms with Crippen LogP contribution in [0.25, 0.3) is 0 Å². The van der Waals surface area contributed by atoms with Gasteiger partial charge in [-0.15, -0.1) is 0 Å². The highest BCUT2D eigenvalue weighted by Crippen LogP contribution is 2.29. The monoisotopic (exact) mass is 357 g/mol. The predicted molar refractivity (Wildman–Crippen MR) is 106 cm³/mol. The second-order valence-corrected chi connectivity index (χ2v) is 6.22. The normalized spacial score (nSPS) is 10.7. The number of nitrogens with one attached hydrogen (secondary N) is 1. The van der Waals surface area contributed by atoms with E-state index >= 15 is 0 Å². The van der Waals surface area contributed by atoms with Crippen molar-refractivity contribution in [3.8, 4) is 11.5 Å². The highest BCUT2D eigenvalue weighted by Gasteiger charge is 2.07. The largest absolute Gasteiger partial charge is 0.490 e. The smallest absolute Gasteiger partial charge is 0.161 e. The van der Waals surface area contributed by atoms with E-state index in [0.29, 0.717) is 13.2 Å². The van der Waals surface area contributed by atoms with Crippen LogP contribution in [0.4, 0.5) is 0 Å². The Morgan fingerprint density at radius 1 is 0.846 bits per heavy atom. The van der Waals surface area contributed by atoms with Gasteiger partial charge in [0.1, 0.15) is 6.61 Å². The quantitative estimate of drug-likeness (QED) is 0.568. The van der Waals surface area contributed by atoms with Crippen molar-refractivity contribution in [1.82, 2.24) is 5.32 Å². The van der Waals surface area contributed by atoms with Gasteiger partial charge in [0.15, 0.2) is 11.5 Å². The molecule has 0 spiro atoms. The van der Waals surface area contributed by atoms with Crippen LogP contribution in [0.2, 0.25) is 0 Å². The fraction of sp³-hybridized carbons (Fsp3) is 0.455. The minimum Gasteiger partial charge on any atom is -0.490 e. The summed E-state index contributed by atoms with van der Waals surface area (Å²) in [6.45, 7) is 10.6. The van der Waals surface area contributed by atoms with Crippen molar-refractivity contribution in [1.29, 1.82) is 0 Å². The highest BCUT2D eigenvalue weighted by molar-refractivity contribution is 5.43. The van der Waals surface area contributed by atoms with E-state index in [-0.39, 0.29) is 0 Å². The Bertz CT molecular complexity index is 640. The van der Waals surface area contributed by atoms with E-state index in [4.69, 9.17) is 14.2 Å². The lowest BCUT2D eigenvalue weighted by molar-refractivity contribution is 0.144. The SMILES string of the molecule is CCOCCCNCc1ccc(OCc2ccc(C)cc2)c(OCC)c1. The summed E-state index contributed by atoms with van der Waals surface area (Å²) in [6, 6.07) is 14.5. The molecule has 0 heterocycles. The van der Waals surface area contributed by atoms with Gasteiger partial charge in [-0.2, -0.15) is 0 Å². The topological polar surface area (TPSA) is 39.7 Å². The van der Waals surface area contributed by atoms with Gasteiger partial charge in [0, 0.05) is 19.8 Å². The van der Waals surface area contributed by atoms with Crippen LogP contribution in [-0.2, 0) is 17.9 Å². The number of aryl methyl sites for hydroxylation is 1. The van der Waals surface area contributed by atoms with E-state index in [0.717, 1.165) is 49.8 Å². The highest BCUT2D eigenvalue weighted by atomic mass is 16.5. The van der Waals surface area contributed by atoms with Crippen molar-refractivity contribution >= 4 is 0 Å². The first-order chi connectivity index (χ1) is 12.7. The molecule has 0 amide bonds. The van der Waals surface area contributed by atoms with Gasteiger partial charge in [-0.3, -0.25) is 0 Å². The summed E-state index contributed by atoms with van der Waals surface area (Å²) in [4.78, 5) is 0. The molecule has 142 valence electrons. The maximum atomic E-state index is 5.98. The lowest BCUT2D eigenvalue weighted by atomic mass is 10.1. The van der Waals surface area contributed by atoms with E-state index < -0.39 is 0 Å². The maximum absolute atomic E-state index is 5.98. The molecular formula is C22H31NO3. The van der Waals surface area contributed by atoms with Gasteiger partial charge in [-0.25, -0.2) is 0 Å². The number of hydrogen-bond donors (Lipinski definition) is 1. The van der Waals surface area contributed by atoms with Gasteiger partial charge >= 0.3 is 0 Å². The standard InChI is InChI=1S/C22H31NO3/c1-4-24-14-6-13-23-16-20-11-12-21(22(15-20)25-5-2)26-17-19-9-7-18(3)8-10-19/h7-12,15,23H,4-6,13-14,16-17H2,1-3H3. The van der Waals surface area contributed by atoms with Crippen molar-refractivity contribution in [2.75, 3.05) is 26.4 Å². The Morgan fingerprint density at radius 3 is 2.35 bits per heavy atom. The lowest BCUT2D eigenvalue weighted by Crippen LogP contribution is -2.16. The average Bonchev–Trinajstić information content (AvgIpc) is 2.65. The van der Waals surface area contributed by atoms with Crippen LogP contribution < -0.4 is 14.8 Å². The molecule has 0 aliphatic heterocycles. The molecule has 0 unspecified atom stereocenters. The van der Waals surface area contributed by atoms with Gasteiger partial charge in [0.25, 0.3) is 0 Å². The molecule has 0 aliphatic rings. The lowest BCUT2D eigenvalue weighted by Gasteiger charge is -2.14. The molecule has 0 fully saturated rings. The second kappa shape index (κ2) is 11.6. The third-order valence-corrected chi connectivity index (χ3v) is 4.00. The molecular weight excluding hydrogens is 326 g/mol. The fourth-order valence-electron chi connectivity index (χ4n) is 2.57. The molecule has 2 rings (SSSR count). The van der Waals surface area contributed by atoms with Crippen LogP contribution in [0.3, 0.4) is 0 Å². The van der Waals surface area contributed by atoms with E-state index in [9.17, 15) is 0 Å². The van der Waals surface area contributed by atoms with Crippen LogP contribution in [0.1, 0.15) is 37.0 Å². The summed E-state index contributed by atoms with van der Waals surface area (Å²) >= 11 is 0. The fourth-order valence-corrected chi connectivity index (χ4v) is 2.57. The molecule has 26 heavy (non-hydrogen) atoms. The number of ether oxygens (including phenoxy) is 3. The van der Waals surface area contributed by atoms with Crippen LogP contribution in [0.5, 0.6) is 11.5 Å². The molecule has 0 atom stereocenters. The molecule has 0 saturated carbocycles. The molecule has 0 bridgehead atoms. The second-order valence-electron chi connectivity index (χ2n) is 6.22. The zero-order chi connectivity index (χ0) is 18.6. The molecule has 0 saturated heterocycles. The molecule has 0 aromatic heterocycles. The Balaban J connectivity index is 1.89. The van der Waals surface area contributed by atoms with Gasteiger partial charge in [0.2, 0.25) is 0 Å². The first kappa shape index (κ1) is 20.3. The average molecular weight is 357 g/mol. The zero-order valence-corrected chi connectivity index (χ0v) is 16.2. The summed E-state index contributed by atoms with van der Waals surface area (Å²) < 4.78 is 17.1. The first-order valence-electron chi connectivity index (χ1n) is 9.45. The van der Waals surface area contributed by atoms with Crippen LogP contribution in [0.15, 0.2) is 42.5 Å². The predicted octanol–water partition coefficient (Wildman–Crippen LogP) is 4.49. The summed E-state index contributed by atoms with van der Waals surface area (Å²) in [6.07, 6.45) is 1.02.